The molecule has 5 rings (SSSR count). The molecule has 7 nitrogen and oxygen atoms in total. The maximum Gasteiger partial charge on any atom is 0.292 e. The Morgan fingerprint density at radius 3 is 2.41 bits per heavy atom. The molecule has 8 heteroatoms. The molecule has 0 bridgehead atoms. The molecule has 0 saturated carbocycles. The number of nitro groups is 1. The standard InChI is InChI=1S/C24H24N4O3S/c29-24(23-6-3-15-32-23)26-13-11-25(12-14-26)20-7-8-21(28(30)31)22(16-20)27-10-9-18-4-1-2-5-19(18)17-27/h1-8,15-16H,9-14,17H2. The Labute approximate surface area is 190 Å². The third kappa shape index (κ3) is 3.93. The number of benzene rings is 2. The van der Waals surface area contributed by atoms with Crippen molar-refractivity contribution in [1.29, 1.82) is 0 Å². The molecule has 2 aliphatic heterocycles. The average Bonchev–Trinajstić information content (AvgIpc) is 3.38. The molecule has 2 aliphatic rings. The summed E-state index contributed by atoms with van der Waals surface area (Å²) in [5.41, 5.74) is 4.31. The van der Waals surface area contributed by atoms with Gasteiger partial charge in [0.05, 0.1) is 9.80 Å². The molecule has 2 aromatic carbocycles. The van der Waals surface area contributed by atoms with Gasteiger partial charge in [-0.2, -0.15) is 0 Å². The van der Waals surface area contributed by atoms with Gasteiger partial charge in [0.25, 0.3) is 11.6 Å². The minimum atomic E-state index is -0.294. The lowest BCUT2D eigenvalue weighted by Crippen LogP contribution is -2.48. The van der Waals surface area contributed by atoms with Crippen molar-refractivity contribution in [2.75, 3.05) is 42.5 Å². The Morgan fingerprint density at radius 2 is 1.69 bits per heavy atom. The largest absolute Gasteiger partial charge is 0.368 e. The lowest BCUT2D eigenvalue weighted by molar-refractivity contribution is -0.384. The fourth-order valence-corrected chi connectivity index (χ4v) is 5.23. The van der Waals surface area contributed by atoms with Gasteiger partial charge in [-0.25, -0.2) is 0 Å². The van der Waals surface area contributed by atoms with Crippen LogP contribution in [0.1, 0.15) is 20.8 Å². The van der Waals surface area contributed by atoms with Gasteiger partial charge in [0.2, 0.25) is 0 Å². The van der Waals surface area contributed by atoms with E-state index < -0.39 is 0 Å². The number of piperazine rings is 1. The molecule has 3 heterocycles. The highest BCUT2D eigenvalue weighted by molar-refractivity contribution is 7.12. The van der Waals surface area contributed by atoms with Crippen LogP contribution in [0.25, 0.3) is 0 Å². The molecule has 1 saturated heterocycles. The van der Waals surface area contributed by atoms with Crippen molar-refractivity contribution in [3.63, 3.8) is 0 Å². The summed E-state index contributed by atoms with van der Waals surface area (Å²) >= 11 is 1.46. The molecule has 0 spiro atoms. The minimum absolute atomic E-state index is 0.0796. The van der Waals surface area contributed by atoms with Crippen LogP contribution in [-0.2, 0) is 13.0 Å². The van der Waals surface area contributed by atoms with E-state index in [1.807, 2.05) is 46.7 Å². The number of hydrogen-bond acceptors (Lipinski definition) is 6. The quantitative estimate of drug-likeness (QED) is 0.442. The summed E-state index contributed by atoms with van der Waals surface area (Å²) < 4.78 is 0. The summed E-state index contributed by atoms with van der Waals surface area (Å²) in [5.74, 6) is 0.0796. The second-order valence-electron chi connectivity index (χ2n) is 8.13. The van der Waals surface area contributed by atoms with Crippen LogP contribution < -0.4 is 9.80 Å². The van der Waals surface area contributed by atoms with Crippen LogP contribution in [0.4, 0.5) is 17.1 Å². The van der Waals surface area contributed by atoms with Crippen LogP contribution in [-0.4, -0.2) is 48.5 Å². The lowest BCUT2D eigenvalue weighted by Gasteiger charge is -2.37. The first-order valence-corrected chi connectivity index (χ1v) is 11.7. The zero-order valence-corrected chi connectivity index (χ0v) is 18.5. The molecule has 0 unspecified atom stereocenters. The predicted molar refractivity (Wildman–Crippen MR) is 127 cm³/mol. The normalized spacial score (nSPS) is 16.1. The molecule has 1 aromatic heterocycles. The van der Waals surface area contributed by atoms with Crippen LogP contribution in [0.15, 0.2) is 60.0 Å². The van der Waals surface area contributed by atoms with E-state index in [1.165, 1.54) is 22.5 Å². The molecule has 1 fully saturated rings. The fourth-order valence-electron chi connectivity index (χ4n) is 4.54. The van der Waals surface area contributed by atoms with E-state index in [9.17, 15) is 14.9 Å². The number of amides is 1. The van der Waals surface area contributed by atoms with Gasteiger partial charge >= 0.3 is 0 Å². The second-order valence-corrected chi connectivity index (χ2v) is 9.07. The van der Waals surface area contributed by atoms with E-state index in [0.717, 1.165) is 23.5 Å². The van der Waals surface area contributed by atoms with Crippen molar-refractivity contribution in [2.24, 2.45) is 0 Å². The molecule has 32 heavy (non-hydrogen) atoms. The number of thiophene rings is 1. The molecule has 0 atom stereocenters. The number of fused-ring (bicyclic) bond motifs is 1. The van der Waals surface area contributed by atoms with Crippen molar-refractivity contribution in [3.05, 3.63) is 86.1 Å². The smallest absolute Gasteiger partial charge is 0.292 e. The Morgan fingerprint density at radius 1 is 0.906 bits per heavy atom. The van der Waals surface area contributed by atoms with E-state index in [1.54, 1.807) is 6.07 Å². The van der Waals surface area contributed by atoms with Crippen LogP contribution in [0.5, 0.6) is 0 Å². The Hall–Kier alpha value is -3.39. The molecule has 3 aromatic rings. The van der Waals surface area contributed by atoms with Gasteiger partial charge in [0.15, 0.2) is 0 Å². The molecule has 1 amide bonds. The maximum atomic E-state index is 12.6. The van der Waals surface area contributed by atoms with Gasteiger partial charge in [-0.3, -0.25) is 14.9 Å². The van der Waals surface area contributed by atoms with Gasteiger partial charge in [0.1, 0.15) is 5.69 Å². The zero-order valence-electron chi connectivity index (χ0n) is 17.6. The molecule has 164 valence electrons. The van der Waals surface area contributed by atoms with Gasteiger partial charge in [-0.1, -0.05) is 30.3 Å². The third-order valence-electron chi connectivity index (χ3n) is 6.29. The number of anilines is 2. The summed E-state index contributed by atoms with van der Waals surface area (Å²) in [7, 11) is 0. The first-order chi connectivity index (χ1) is 15.6. The zero-order chi connectivity index (χ0) is 22.1. The van der Waals surface area contributed by atoms with Crippen molar-refractivity contribution < 1.29 is 9.72 Å². The van der Waals surface area contributed by atoms with E-state index in [2.05, 4.69) is 21.9 Å². The van der Waals surface area contributed by atoms with Crippen LogP contribution in [0, 0.1) is 10.1 Å². The predicted octanol–water partition coefficient (Wildman–Crippen LogP) is 4.18. The summed E-state index contributed by atoms with van der Waals surface area (Å²) in [6.45, 7) is 4.11. The number of carbonyl (C=O) groups is 1. The lowest BCUT2D eigenvalue weighted by atomic mass is 9.99. The van der Waals surface area contributed by atoms with Gasteiger partial charge < -0.3 is 14.7 Å². The van der Waals surface area contributed by atoms with Gasteiger partial charge in [-0.15, -0.1) is 11.3 Å². The highest BCUT2D eigenvalue weighted by atomic mass is 32.1. The minimum Gasteiger partial charge on any atom is -0.368 e. The van der Waals surface area contributed by atoms with Gasteiger partial charge in [-0.05, 0) is 41.1 Å². The number of hydrogen-bond donors (Lipinski definition) is 0. The van der Waals surface area contributed by atoms with E-state index >= 15 is 0 Å². The molecular formula is C24H24N4O3S. The molecular weight excluding hydrogens is 424 g/mol. The van der Waals surface area contributed by atoms with Crippen LogP contribution in [0.2, 0.25) is 0 Å². The number of nitrogens with zero attached hydrogens (tertiary/aromatic N) is 4. The first kappa shape index (κ1) is 20.5. The summed E-state index contributed by atoms with van der Waals surface area (Å²) in [6, 6.07) is 17.4. The number of nitro benzene ring substituents is 1. The Balaban J connectivity index is 1.35. The highest BCUT2D eigenvalue weighted by Gasteiger charge is 2.27. The summed E-state index contributed by atoms with van der Waals surface area (Å²) in [4.78, 5) is 31.1. The topological polar surface area (TPSA) is 69.9 Å². The van der Waals surface area contributed by atoms with Crippen molar-refractivity contribution in [2.45, 2.75) is 13.0 Å². The van der Waals surface area contributed by atoms with E-state index in [0.29, 0.717) is 38.4 Å². The fraction of sp³-hybridized carbons (Fsp3) is 0.292. The van der Waals surface area contributed by atoms with E-state index in [-0.39, 0.29) is 16.5 Å². The van der Waals surface area contributed by atoms with Crippen molar-refractivity contribution >= 4 is 34.3 Å². The van der Waals surface area contributed by atoms with E-state index in [4.69, 9.17) is 0 Å². The molecule has 0 radical (unpaired) electrons. The average molecular weight is 449 g/mol. The highest BCUT2D eigenvalue weighted by Crippen LogP contribution is 2.35. The molecule has 0 aliphatic carbocycles. The Bertz CT molecular complexity index is 1140. The summed E-state index contributed by atoms with van der Waals surface area (Å²) in [5, 5.41) is 13.7. The number of rotatable bonds is 4. The first-order valence-electron chi connectivity index (χ1n) is 10.8. The summed E-state index contributed by atoms with van der Waals surface area (Å²) in [6.07, 6.45) is 0.876. The molecule has 0 N–H and O–H groups in total. The third-order valence-corrected chi connectivity index (χ3v) is 7.15. The second kappa shape index (κ2) is 8.63. The maximum absolute atomic E-state index is 12.6. The van der Waals surface area contributed by atoms with Crippen LogP contribution in [0.3, 0.4) is 0 Å². The van der Waals surface area contributed by atoms with Crippen molar-refractivity contribution in [3.8, 4) is 0 Å². The van der Waals surface area contributed by atoms with Crippen molar-refractivity contribution in [1.82, 2.24) is 4.90 Å². The van der Waals surface area contributed by atoms with Gasteiger partial charge in [0, 0.05) is 51.0 Å². The Kier molecular flexibility index (Phi) is 5.53. The van der Waals surface area contributed by atoms with Crippen LogP contribution >= 0.6 is 11.3 Å². The number of carbonyl (C=O) groups excluding carboxylic acids is 1. The SMILES string of the molecule is O=C(c1cccs1)N1CCN(c2ccc([N+](=O)[O-])c(N3CCc4ccccc4C3)c2)CC1. The monoisotopic (exact) mass is 448 g/mol.